The van der Waals surface area contributed by atoms with Crippen LogP contribution in [-0.4, -0.2) is 61.5 Å². The van der Waals surface area contributed by atoms with E-state index in [1.54, 1.807) is 0 Å². The zero-order valence-electron chi connectivity index (χ0n) is 12.1. The van der Waals surface area contributed by atoms with Crippen LogP contribution in [0.15, 0.2) is 0 Å². The summed E-state index contributed by atoms with van der Waals surface area (Å²) in [6, 6.07) is 0. The summed E-state index contributed by atoms with van der Waals surface area (Å²) in [6.45, 7) is 9.13. The van der Waals surface area contributed by atoms with Gasteiger partial charge in [0.15, 0.2) is 0 Å². The zero-order chi connectivity index (χ0) is 12.8. The molecule has 0 radical (unpaired) electrons. The van der Waals surface area contributed by atoms with Crippen LogP contribution < -0.4 is 5.32 Å². The summed E-state index contributed by atoms with van der Waals surface area (Å²) in [5.74, 6) is 1.07. The second-order valence-electron chi connectivity index (χ2n) is 5.68. The van der Waals surface area contributed by atoms with E-state index in [0.717, 1.165) is 51.5 Å². The molecule has 0 aromatic heterocycles. The Labute approximate surface area is 123 Å². The number of halogens is 1. The van der Waals surface area contributed by atoms with Crippen molar-refractivity contribution in [1.29, 1.82) is 0 Å². The van der Waals surface area contributed by atoms with Gasteiger partial charge in [0.2, 0.25) is 5.91 Å². The van der Waals surface area contributed by atoms with Crippen LogP contribution >= 0.6 is 12.4 Å². The Kier molecular flexibility index (Phi) is 7.73. The van der Waals surface area contributed by atoms with Crippen molar-refractivity contribution in [2.45, 2.75) is 32.6 Å². The van der Waals surface area contributed by atoms with Gasteiger partial charge in [0.25, 0.3) is 0 Å². The zero-order valence-corrected chi connectivity index (χ0v) is 12.9. The van der Waals surface area contributed by atoms with Crippen LogP contribution in [0.3, 0.4) is 0 Å². The van der Waals surface area contributed by atoms with E-state index in [-0.39, 0.29) is 12.4 Å². The van der Waals surface area contributed by atoms with Gasteiger partial charge < -0.3 is 10.2 Å². The smallest absolute Gasteiger partial charge is 0.236 e. The van der Waals surface area contributed by atoms with Crippen molar-refractivity contribution in [3.63, 3.8) is 0 Å². The molecule has 1 amide bonds. The molecule has 19 heavy (non-hydrogen) atoms. The molecule has 2 heterocycles. The molecule has 112 valence electrons. The summed E-state index contributed by atoms with van der Waals surface area (Å²) in [5.41, 5.74) is 0. The number of rotatable bonds is 4. The summed E-state index contributed by atoms with van der Waals surface area (Å²) < 4.78 is 0. The minimum atomic E-state index is 0. The molecular weight excluding hydrogens is 262 g/mol. The van der Waals surface area contributed by atoms with Crippen LogP contribution in [0, 0.1) is 5.92 Å². The molecule has 0 aromatic rings. The molecular formula is C14H28ClN3O. The van der Waals surface area contributed by atoms with Gasteiger partial charge >= 0.3 is 0 Å². The standard InChI is InChI=1S/C14H27N3O.ClH/c1-2-7-17-9-4-8-16(12-14(17)18)11-13-5-3-6-15-10-13;/h13,15H,2-12H2,1H3;1H. The quantitative estimate of drug-likeness (QED) is 0.849. The Morgan fingerprint density at radius 2 is 2.16 bits per heavy atom. The second kappa shape index (κ2) is 8.77. The predicted molar refractivity (Wildman–Crippen MR) is 80.8 cm³/mol. The number of hydrogen-bond donors (Lipinski definition) is 1. The number of nitrogens with zero attached hydrogens (tertiary/aromatic N) is 2. The topological polar surface area (TPSA) is 35.6 Å². The molecule has 2 fully saturated rings. The molecule has 0 spiro atoms. The van der Waals surface area contributed by atoms with Gasteiger partial charge in [-0.15, -0.1) is 12.4 Å². The number of carbonyl (C=O) groups is 1. The van der Waals surface area contributed by atoms with E-state index in [2.05, 4.69) is 17.1 Å². The van der Waals surface area contributed by atoms with E-state index in [1.807, 2.05) is 4.90 Å². The first-order valence-corrected chi connectivity index (χ1v) is 7.50. The molecule has 2 aliphatic heterocycles. The summed E-state index contributed by atoms with van der Waals surface area (Å²) in [7, 11) is 0. The molecule has 0 saturated carbocycles. The molecule has 0 aliphatic carbocycles. The van der Waals surface area contributed by atoms with Crippen molar-refractivity contribution in [1.82, 2.24) is 15.1 Å². The van der Waals surface area contributed by atoms with Crippen molar-refractivity contribution >= 4 is 18.3 Å². The average Bonchev–Trinajstić information content (AvgIpc) is 2.54. The van der Waals surface area contributed by atoms with Crippen molar-refractivity contribution < 1.29 is 4.79 Å². The molecule has 2 saturated heterocycles. The van der Waals surface area contributed by atoms with E-state index in [1.165, 1.54) is 19.4 Å². The normalized spacial score (nSPS) is 25.8. The van der Waals surface area contributed by atoms with E-state index in [4.69, 9.17) is 0 Å². The van der Waals surface area contributed by atoms with Crippen molar-refractivity contribution in [3.8, 4) is 0 Å². The van der Waals surface area contributed by atoms with Gasteiger partial charge in [-0.3, -0.25) is 9.69 Å². The number of piperidine rings is 1. The highest BCUT2D eigenvalue weighted by molar-refractivity contribution is 5.85. The summed E-state index contributed by atoms with van der Waals surface area (Å²) in [6.07, 6.45) is 4.80. The van der Waals surface area contributed by atoms with Gasteiger partial charge in [-0.2, -0.15) is 0 Å². The molecule has 0 aromatic carbocycles. The first-order chi connectivity index (χ1) is 8.79. The molecule has 1 unspecified atom stereocenters. The van der Waals surface area contributed by atoms with Crippen LogP contribution in [0.5, 0.6) is 0 Å². The van der Waals surface area contributed by atoms with E-state index < -0.39 is 0 Å². The molecule has 4 nitrogen and oxygen atoms in total. The number of hydrogen-bond acceptors (Lipinski definition) is 3. The SMILES string of the molecule is CCCN1CCCN(CC2CCCNC2)CC1=O.Cl. The highest BCUT2D eigenvalue weighted by Crippen LogP contribution is 2.14. The van der Waals surface area contributed by atoms with Gasteiger partial charge in [0, 0.05) is 26.2 Å². The molecule has 1 N–H and O–H groups in total. The average molecular weight is 290 g/mol. The minimum absolute atomic E-state index is 0. The third-order valence-corrected chi connectivity index (χ3v) is 4.02. The Morgan fingerprint density at radius 1 is 1.32 bits per heavy atom. The maximum atomic E-state index is 12.1. The summed E-state index contributed by atoms with van der Waals surface area (Å²) in [4.78, 5) is 16.5. The lowest BCUT2D eigenvalue weighted by atomic mass is 9.99. The third kappa shape index (κ3) is 5.28. The van der Waals surface area contributed by atoms with Crippen LogP contribution in [0.25, 0.3) is 0 Å². The lowest BCUT2D eigenvalue weighted by Crippen LogP contribution is -2.41. The fourth-order valence-corrected chi connectivity index (χ4v) is 3.09. The highest BCUT2D eigenvalue weighted by Gasteiger charge is 2.23. The van der Waals surface area contributed by atoms with E-state index in [0.29, 0.717) is 12.5 Å². The number of amides is 1. The van der Waals surface area contributed by atoms with Crippen molar-refractivity contribution in [2.24, 2.45) is 5.92 Å². The van der Waals surface area contributed by atoms with Gasteiger partial charge in [0.05, 0.1) is 6.54 Å². The van der Waals surface area contributed by atoms with Gasteiger partial charge in [0.1, 0.15) is 0 Å². The van der Waals surface area contributed by atoms with Gasteiger partial charge in [-0.25, -0.2) is 0 Å². The van der Waals surface area contributed by atoms with E-state index in [9.17, 15) is 4.79 Å². The molecule has 5 heteroatoms. The molecule has 0 bridgehead atoms. The van der Waals surface area contributed by atoms with Crippen LogP contribution in [0.2, 0.25) is 0 Å². The summed E-state index contributed by atoms with van der Waals surface area (Å²) >= 11 is 0. The summed E-state index contributed by atoms with van der Waals surface area (Å²) in [5, 5.41) is 3.46. The van der Waals surface area contributed by atoms with Crippen molar-refractivity contribution in [3.05, 3.63) is 0 Å². The maximum absolute atomic E-state index is 12.1. The van der Waals surface area contributed by atoms with Gasteiger partial charge in [-0.1, -0.05) is 6.92 Å². The highest BCUT2D eigenvalue weighted by atomic mass is 35.5. The number of carbonyl (C=O) groups excluding carboxylic acids is 1. The van der Waals surface area contributed by atoms with Crippen LogP contribution in [0.1, 0.15) is 32.6 Å². The fourth-order valence-electron chi connectivity index (χ4n) is 3.09. The van der Waals surface area contributed by atoms with Crippen molar-refractivity contribution in [2.75, 3.05) is 45.8 Å². The van der Waals surface area contributed by atoms with Crippen LogP contribution in [0.4, 0.5) is 0 Å². The Hall–Kier alpha value is -0.320. The maximum Gasteiger partial charge on any atom is 0.236 e. The number of nitrogens with one attached hydrogen (secondary N) is 1. The van der Waals surface area contributed by atoms with E-state index >= 15 is 0 Å². The van der Waals surface area contributed by atoms with Gasteiger partial charge in [-0.05, 0) is 44.7 Å². The third-order valence-electron chi connectivity index (χ3n) is 4.02. The minimum Gasteiger partial charge on any atom is -0.342 e. The largest absolute Gasteiger partial charge is 0.342 e. The monoisotopic (exact) mass is 289 g/mol. The predicted octanol–water partition coefficient (Wildman–Crippen LogP) is 1.35. The first kappa shape index (κ1) is 16.7. The fraction of sp³-hybridized carbons (Fsp3) is 0.929. The Balaban J connectivity index is 0.00000180. The first-order valence-electron chi connectivity index (χ1n) is 7.50. The molecule has 1 atom stereocenters. The van der Waals surface area contributed by atoms with Crippen LogP contribution in [-0.2, 0) is 4.79 Å². The molecule has 2 rings (SSSR count). The molecule has 2 aliphatic rings. The lowest BCUT2D eigenvalue weighted by molar-refractivity contribution is -0.131. The second-order valence-corrected chi connectivity index (χ2v) is 5.68. The lowest BCUT2D eigenvalue weighted by Gasteiger charge is -2.28. The Bertz CT molecular complexity index is 269. The Morgan fingerprint density at radius 3 is 2.84 bits per heavy atom.